The molecule has 0 aliphatic heterocycles. The van der Waals surface area contributed by atoms with Crippen molar-refractivity contribution in [2.24, 2.45) is 0 Å². The van der Waals surface area contributed by atoms with E-state index in [1.807, 2.05) is 0 Å². The summed E-state index contributed by atoms with van der Waals surface area (Å²) in [6, 6.07) is 11.5. The number of pyridine rings is 1. The number of hydrogen-bond acceptors (Lipinski definition) is 4. The van der Waals surface area contributed by atoms with Gasteiger partial charge < -0.3 is 19.2 Å². The fourth-order valence-corrected chi connectivity index (χ4v) is 3.45. The van der Waals surface area contributed by atoms with Gasteiger partial charge in [-0.15, -0.1) is 0 Å². The van der Waals surface area contributed by atoms with Crippen molar-refractivity contribution in [2.75, 3.05) is 7.11 Å². The van der Waals surface area contributed by atoms with E-state index in [2.05, 4.69) is 9.97 Å². The van der Waals surface area contributed by atoms with Crippen LogP contribution in [0.2, 0.25) is 0 Å². The second-order valence-corrected chi connectivity index (χ2v) is 8.06. The Morgan fingerprint density at radius 2 is 1.50 bits per heavy atom. The summed E-state index contributed by atoms with van der Waals surface area (Å²) in [5.74, 6) is -0.737. The van der Waals surface area contributed by atoms with E-state index in [0.717, 1.165) is 23.9 Å². The molecule has 0 fully saturated rings. The lowest BCUT2D eigenvalue weighted by molar-refractivity contribution is -0.140. The van der Waals surface area contributed by atoms with Crippen LogP contribution < -0.4 is 14.2 Å². The Morgan fingerprint density at radius 1 is 0.816 bits per heavy atom. The molecule has 0 radical (unpaired) electrons. The first-order chi connectivity index (χ1) is 17.9. The number of aromatic amines is 1. The van der Waals surface area contributed by atoms with E-state index in [-0.39, 0.29) is 41.7 Å². The van der Waals surface area contributed by atoms with Crippen LogP contribution in [-0.4, -0.2) is 17.1 Å². The van der Waals surface area contributed by atoms with Crippen LogP contribution in [0.4, 0.5) is 30.7 Å². The lowest BCUT2D eigenvalue weighted by Crippen LogP contribution is -2.09. The minimum atomic E-state index is -4.83. The van der Waals surface area contributed by atoms with Crippen LogP contribution in [0.1, 0.15) is 22.3 Å². The minimum absolute atomic E-state index is 0.0391. The Morgan fingerprint density at radius 3 is 2.11 bits per heavy atom. The largest absolute Gasteiger partial charge is 0.497 e. The number of nitrogens with zero attached hydrogens (tertiary/aromatic N) is 1. The smallest absolute Gasteiger partial charge is 0.419 e. The number of methoxy groups -OCH3 is 1. The summed E-state index contributed by atoms with van der Waals surface area (Å²) in [5.41, 5.74) is -1.15. The van der Waals surface area contributed by atoms with Crippen molar-refractivity contribution < 1.29 is 44.9 Å². The molecule has 2 heterocycles. The van der Waals surface area contributed by atoms with Crippen LogP contribution >= 0.6 is 0 Å². The Bertz CT molecular complexity index is 1400. The second-order valence-electron chi connectivity index (χ2n) is 8.06. The number of ether oxygens (including phenoxy) is 3. The van der Waals surface area contributed by atoms with E-state index in [9.17, 15) is 30.7 Å². The molecule has 0 atom stereocenters. The predicted octanol–water partition coefficient (Wildman–Crippen LogP) is 7.42. The minimum Gasteiger partial charge on any atom is -0.497 e. The van der Waals surface area contributed by atoms with E-state index in [0.29, 0.717) is 17.9 Å². The van der Waals surface area contributed by atoms with Gasteiger partial charge in [0.25, 0.3) is 0 Å². The SMILES string of the molecule is COc1ccc(COc2cc(OCc3ccc(C(F)(F)F)c(F)c3)ncc2-c2cc(C(F)(F)F)c[nH]2)cc1. The Kier molecular flexibility index (Phi) is 7.51. The summed E-state index contributed by atoms with van der Waals surface area (Å²) in [4.78, 5) is 6.62. The highest BCUT2D eigenvalue weighted by Crippen LogP contribution is 2.37. The number of rotatable bonds is 8. The summed E-state index contributed by atoms with van der Waals surface area (Å²) >= 11 is 0. The average Bonchev–Trinajstić information content (AvgIpc) is 3.37. The van der Waals surface area contributed by atoms with Gasteiger partial charge in [-0.3, -0.25) is 0 Å². The molecule has 0 saturated heterocycles. The molecule has 200 valence electrons. The molecule has 0 spiro atoms. The van der Waals surface area contributed by atoms with Crippen molar-refractivity contribution in [3.05, 3.63) is 95.1 Å². The predicted molar refractivity (Wildman–Crippen MR) is 122 cm³/mol. The van der Waals surface area contributed by atoms with E-state index < -0.39 is 29.3 Å². The molecule has 0 unspecified atom stereocenters. The topological polar surface area (TPSA) is 56.4 Å². The third kappa shape index (κ3) is 6.36. The number of nitrogens with one attached hydrogen (secondary N) is 1. The number of alkyl halides is 6. The lowest BCUT2D eigenvalue weighted by Gasteiger charge is -2.14. The molecular formula is C26H19F7N2O3. The van der Waals surface area contributed by atoms with Gasteiger partial charge in [0.1, 0.15) is 30.5 Å². The molecule has 4 rings (SSSR count). The molecule has 0 aliphatic carbocycles. The molecular weight excluding hydrogens is 521 g/mol. The molecule has 2 aromatic carbocycles. The van der Waals surface area contributed by atoms with E-state index >= 15 is 0 Å². The van der Waals surface area contributed by atoms with Gasteiger partial charge in [-0.1, -0.05) is 18.2 Å². The highest BCUT2D eigenvalue weighted by molar-refractivity contribution is 5.68. The van der Waals surface area contributed by atoms with E-state index in [4.69, 9.17) is 14.2 Å². The van der Waals surface area contributed by atoms with Crippen molar-refractivity contribution in [3.63, 3.8) is 0 Å². The first-order valence-electron chi connectivity index (χ1n) is 10.9. The molecule has 0 bridgehead atoms. The van der Waals surface area contributed by atoms with Gasteiger partial charge in [0.2, 0.25) is 5.88 Å². The summed E-state index contributed by atoms with van der Waals surface area (Å²) in [6.07, 6.45) is -7.35. The number of aromatic nitrogens is 2. The number of H-pyrrole nitrogens is 1. The van der Waals surface area contributed by atoms with Gasteiger partial charge in [0.05, 0.1) is 29.5 Å². The summed E-state index contributed by atoms with van der Waals surface area (Å²) in [6.45, 7) is -0.280. The standard InChI is InChI=1S/C26H19F7N2O3/c1-36-18-5-2-15(3-6-18)13-37-23-10-24(35-12-19(23)22-9-17(11-34-22)25(28,29)30)38-14-16-4-7-20(21(27)8-16)26(31,32)33/h2-12,34H,13-14H2,1H3. The Balaban J connectivity index is 1.57. The van der Waals surface area contributed by atoms with Crippen molar-refractivity contribution in [1.82, 2.24) is 9.97 Å². The zero-order chi connectivity index (χ0) is 27.5. The fourth-order valence-electron chi connectivity index (χ4n) is 3.45. The zero-order valence-corrected chi connectivity index (χ0v) is 19.6. The molecule has 38 heavy (non-hydrogen) atoms. The van der Waals surface area contributed by atoms with Gasteiger partial charge in [-0.05, 0) is 41.5 Å². The summed E-state index contributed by atoms with van der Waals surface area (Å²) in [7, 11) is 1.51. The number of benzene rings is 2. The maximum absolute atomic E-state index is 13.9. The van der Waals surface area contributed by atoms with E-state index in [1.54, 1.807) is 24.3 Å². The van der Waals surface area contributed by atoms with Crippen molar-refractivity contribution in [1.29, 1.82) is 0 Å². The lowest BCUT2D eigenvalue weighted by atomic mass is 10.1. The molecule has 0 saturated carbocycles. The molecule has 12 heteroatoms. The molecule has 2 aromatic heterocycles. The maximum Gasteiger partial charge on any atom is 0.419 e. The first kappa shape index (κ1) is 26.8. The highest BCUT2D eigenvalue weighted by atomic mass is 19.4. The third-order valence-electron chi connectivity index (χ3n) is 5.42. The van der Waals surface area contributed by atoms with Crippen molar-refractivity contribution in [3.8, 4) is 28.6 Å². The second kappa shape index (κ2) is 10.6. The maximum atomic E-state index is 13.9. The fraction of sp³-hybridized carbons (Fsp3) is 0.192. The summed E-state index contributed by atoms with van der Waals surface area (Å²) in [5, 5.41) is 0. The summed E-state index contributed by atoms with van der Waals surface area (Å²) < 4.78 is 108. The van der Waals surface area contributed by atoms with Crippen molar-refractivity contribution >= 4 is 0 Å². The normalized spacial score (nSPS) is 11.9. The van der Waals surface area contributed by atoms with Crippen LogP contribution in [-0.2, 0) is 25.6 Å². The third-order valence-corrected chi connectivity index (χ3v) is 5.42. The van der Waals surface area contributed by atoms with Crippen LogP contribution in [0.3, 0.4) is 0 Å². The Labute approximate surface area is 211 Å². The van der Waals surface area contributed by atoms with Crippen LogP contribution in [0.5, 0.6) is 17.4 Å². The molecule has 4 aromatic rings. The zero-order valence-electron chi connectivity index (χ0n) is 19.6. The molecule has 0 aliphatic rings. The average molecular weight is 540 g/mol. The quantitative estimate of drug-likeness (QED) is 0.236. The number of halogens is 7. The monoisotopic (exact) mass is 540 g/mol. The van der Waals surface area contributed by atoms with Gasteiger partial charge in [0, 0.05) is 18.5 Å². The Hall–Kier alpha value is -4.22. The van der Waals surface area contributed by atoms with Gasteiger partial charge in [-0.2, -0.15) is 26.3 Å². The van der Waals surface area contributed by atoms with Crippen LogP contribution in [0, 0.1) is 5.82 Å². The molecule has 1 N–H and O–H groups in total. The van der Waals surface area contributed by atoms with Crippen LogP contribution in [0.15, 0.2) is 67.0 Å². The van der Waals surface area contributed by atoms with Gasteiger partial charge in [-0.25, -0.2) is 9.37 Å². The van der Waals surface area contributed by atoms with Crippen molar-refractivity contribution in [2.45, 2.75) is 25.6 Å². The van der Waals surface area contributed by atoms with Gasteiger partial charge >= 0.3 is 12.4 Å². The number of hydrogen-bond donors (Lipinski definition) is 1. The molecule has 0 amide bonds. The first-order valence-corrected chi connectivity index (χ1v) is 10.9. The molecule has 5 nitrogen and oxygen atoms in total. The highest BCUT2D eigenvalue weighted by Gasteiger charge is 2.34. The van der Waals surface area contributed by atoms with Crippen LogP contribution in [0.25, 0.3) is 11.3 Å². The van der Waals surface area contributed by atoms with E-state index in [1.165, 1.54) is 19.4 Å². The van der Waals surface area contributed by atoms with Gasteiger partial charge in [0.15, 0.2) is 0 Å².